The zero-order chi connectivity index (χ0) is 80.3. The van der Waals surface area contributed by atoms with E-state index in [1.807, 2.05) is 0 Å². The lowest BCUT2D eigenvalue weighted by molar-refractivity contribution is -0.661. The molecule has 5 heterocycles. The van der Waals surface area contributed by atoms with Crippen LogP contribution in [-0.4, -0.2) is 0 Å². The van der Waals surface area contributed by atoms with E-state index >= 15 is 0 Å². The molecule has 8 aliphatic rings. The Bertz CT molecular complexity index is 5340. The number of pyridine rings is 5. The summed E-state index contributed by atoms with van der Waals surface area (Å²) < 4.78 is 47.5. The van der Waals surface area contributed by atoms with Crippen LogP contribution < -0.4 is 22.8 Å². The maximum absolute atomic E-state index is 9.35. The average Bonchev–Trinajstić information content (AvgIpc) is 1.50. The summed E-state index contributed by atoms with van der Waals surface area (Å²) in [5.41, 5.74) is 40.5. The lowest BCUT2D eigenvalue weighted by atomic mass is 9.63. The third kappa shape index (κ3) is 13.6. The van der Waals surface area contributed by atoms with Crippen molar-refractivity contribution in [2.75, 3.05) is 0 Å². The van der Waals surface area contributed by atoms with E-state index in [1.165, 1.54) is 161 Å². The Balaban J connectivity index is 0.000000116. The molecule has 0 amide bonds. The van der Waals surface area contributed by atoms with E-state index in [-0.39, 0.29) is 27.1 Å². The van der Waals surface area contributed by atoms with Crippen molar-refractivity contribution in [1.82, 2.24) is 0 Å². The van der Waals surface area contributed by atoms with Gasteiger partial charge in [0.15, 0.2) is 31.0 Å². The van der Waals surface area contributed by atoms with E-state index in [0.717, 1.165) is 71.2 Å². The van der Waals surface area contributed by atoms with Crippen LogP contribution >= 0.6 is 0 Å². The maximum Gasteiger partial charge on any atom is 0.216 e. The standard InChI is InChI=1S/C22H30N.C21H26N.C21H28N.2C19H22N/c1-15-8-9-17(16(2)12-15)20-13-18-19(14-23(20)7)22(5,6)11-10-21(18,3)4;1-13-6-7-15(14(2)12-13)20-19-16(10-11-22(20)5)17-8-9-18(19)21(17,3)4;1-14-8-9-16(15(2)12-14)19-18-17(10-11-22(19)7)20(3,4)13-21(18,5)6;2*1-12-4-7-16(13(2)10-12)19-18-15-6-5-14(11-15)17(18)8-9-20(19)3/h8-9,12-14H,10-11H2,1-7H3;6-7,10-12,17-18H,8-9H2,1-5H3;8-12H,13H2,1-7H3;2*4,7-10,14-15H,5-6,11H2,1-3H3/q5*+1/i;17D,18D;;14D,15D;. The molecule has 0 N–H and O–H groups in total. The summed E-state index contributed by atoms with van der Waals surface area (Å²) in [6.45, 7) is 45.1. The van der Waals surface area contributed by atoms with Gasteiger partial charge >= 0.3 is 0 Å². The first-order valence-corrected chi connectivity index (χ1v) is 40.4. The van der Waals surface area contributed by atoms with Crippen molar-refractivity contribution in [3.05, 3.63) is 264 Å². The van der Waals surface area contributed by atoms with E-state index in [2.05, 4.69) is 349 Å². The van der Waals surface area contributed by atoms with Crippen molar-refractivity contribution in [2.45, 2.75) is 266 Å². The van der Waals surface area contributed by atoms with Crippen molar-refractivity contribution in [3.8, 4) is 56.3 Å². The molecular formula is C102H128N5+5. The fourth-order valence-corrected chi connectivity index (χ4v) is 21.5. The monoisotopic (exact) mass is 1430 g/mol. The molecule has 556 valence electrons. The molecule has 0 spiro atoms. The molecular weight excluding hydrogens is 1300 g/mol. The second-order valence-electron chi connectivity index (χ2n) is 37.4. The summed E-state index contributed by atoms with van der Waals surface area (Å²) in [7, 11) is 10.7. The lowest BCUT2D eigenvalue weighted by Crippen LogP contribution is -2.40. The van der Waals surface area contributed by atoms with Crippen molar-refractivity contribution >= 4 is 0 Å². The number of hydrogen-bond acceptors (Lipinski definition) is 0. The van der Waals surface area contributed by atoms with Gasteiger partial charge in [-0.1, -0.05) is 158 Å². The highest BCUT2D eigenvalue weighted by Crippen LogP contribution is 2.66. The van der Waals surface area contributed by atoms with Crippen LogP contribution in [0.5, 0.6) is 0 Å². The van der Waals surface area contributed by atoms with Crippen LogP contribution in [0.15, 0.2) is 152 Å². The average molecular weight is 1430 g/mol. The smallest absolute Gasteiger partial charge is 0.201 e. The fraction of sp³-hybridized carbons (Fsp3) is 0.461. The minimum absolute atomic E-state index is 0.213. The Hall–Kier alpha value is -8.15. The first-order chi connectivity index (χ1) is 51.9. The van der Waals surface area contributed by atoms with Crippen molar-refractivity contribution in [2.24, 2.45) is 40.7 Å². The largest absolute Gasteiger partial charge is 0.216 e. The normalized spacial score (nSPS) is 24.8. The zero-order valence-corrected chi connectivity index (χ0v) is 70.1. The molecule has 5 heteroatoms. The zero-order valence-electron chi connectivity index (χ0n) is 74.1. The Kier molecular flexibility index (Phi) is 18.5. The third-order valence-corrected chi connectivity index (χ3v) is 26.9. The van der Waals surface area contributed by atoms with Crippen molar-refractivity contribution in [1.29, 1.82) is 0 Å². The maximum atomic E-state index is 9.35. The Labute approximate surface area is 651 Å². The first-order valence-electron chi connectivity index (χ1n) is 42.4. The highest BCUT2D eigenvalue weighted by molar-refractivity contribution is 5.73. The molecule has 5 nitrogen and oxygen atoms in total. The highest BCUT2D eigenvalue weighted by atomic mass is 15.0. The molecule has 0 saturated heterocycles. The number of nitrogens with zero attached hydrogens (tertiary/aromatic N) is 5. The van der Waals surface area contributed by atoms with Crippen LogP contribution in [0, 0.1) is 74.7 Å². The van der Waals surface area contributed by atoms with Crippen LogP contribution in [0.25, 0.3) is 56.3 Å². The first kappa shape index (κ1) is 70.5. The van der Waals surface area contributed by atoms with Crippen LogP contribution in [-0.2, 0) is 56.9 Å². The third-order valence-electron chi connectivity index (χ3n) is 26.9. The van der Waals surface area contributed by atoms with Gasteiger partial charge in [0.25, 0.3) is 0 Å². The SMILES string of the molecule is Cc1ccc(-c2c3c(cc[n+]2C)C(C)(C)CC3(C)C)c(C)c1.Cc1ccc(-c2c3c(cc[n+]2C)C2CCC3C2)c(C)c1.Cc1ccc(-c2cc3c(c[n+]2C)C(C)(C)CCC3(C)C)c(C)c1.[2H]C12CCC([2H])(C1)c1c2cc[n+](C)c1-c1ccc(C)cc1C.[2H]C12CCC([2H])(c3c1cc[n+](C)c3-c1ccc(C)cc1C)C2(C)C. The molecule has 0 aliphatic heterocycles. The Morgan fingerprint density at radius 1 is 0.327 bits per heavy atom. The van der Waals surface area contributed by atoms with Crippen LogP contribution in [0.2, 0.25) is 0 Å². The van der Waals surface area contributed by atoms with Gasteiger partial charge in [-0.2, -0.15) is 0 Å². The predicted molar refractivity (Wildman–Crippen MR) is 446 cm³/mol. The minimum atomic E-state index is -0.685. The molecule has 6 atom stereocenters. The molecule has 107 heavy (non-hydrogen) atoms. The summed E-state index contributed by atoms with van der Waals surface area (Å²) in [6.07, 6.45) is 22.8. The Morgan fingerprint density at radius 3 is 1.25 bits per heavy atom. The number of aryl methyl sites for hydroxylation is 15. The molecule has 3 fully saturated rings. The van der Waals surface area contributed by atoms with Crippen molar-refractivity contribution in [3.63, 3.8) is 0 Å². The molecule has 8 aliphatic carbocycles. The molecule has 6 bridgehead atoms. The number of aromatic nitrogens is 5. The Morgan fingerprint density at radius 2 is 0.738 bits per heavy atom. The van der Waals surface area contributed by atoms with Gasteiger partial charge in [0.05, 0.1) is 0 Å². The second-order valence-corrected chi connectivity index (χ2v) is 37.4. The van der Waals surface area contributed by atoms with Gasteiger partial charge in [-0.05, 0) is 288 Å². The summed E-state index contributed by atoms with van der Waals surface area (Å²) in [4.78, 5) is 0. The summed E-state index contributed by atoms with van der Waals surface area (Å²) in [6, 6.07) is 44.8. The fourth-order valence-electron chi connectivity index (χ4n) is 21.5. The number of rotatable bonds is 5. The van der Waals surface area contributed by atoms with E-state index < -0.39 is 23.6 Å². The molecule has 18 rings (SSSR count). The van der Waals surface area contributed by atoms with Gasteiger partial charge in [0.1, 0.15) is 35.2 Å². The second kappa shape index (κ2) is 28.1. The number of benzene rings is 5. The minimum Gasteiger partial charge on any atom is -0.201 e. The van der Waals surface area contributed by atoms with Crippen molar-refractivity contribution < 1.29 is 28.3 Å². The lowest BCUT2D eigenvalue weighted by Gasteiger charge is -2.40. The number of hydrogen-bond donors (Lipinski definition) is 0. The van der Waals surface area contributed by atoms with E-state index in [4.69, 9.17) is 4.11 Å². The topological polar surface area (TPSA) is 19.4 Å². The molecule has 10 aromatic rings. The van der Waals surface area contributed by atoms with E-state index in [9.17, 15) is 1.37 Å². The summed E-state index contributed by atoms with van der Waals surface area (Å²) in [5.74, 6) is -0.818. The van der Waals surface area contributed by atoms with Crippen LogP contribution in [0.1, 0.15) is 292 Å². The van der Waals surface area contributed by atoms with Gasteiger partial charge in [-0.25, -0.2) is 22.8 Å². The predicted octanol–water partition coefficient (Wildman–Crippen LogP) is 23.0. The van der Waals surface area contributed by atoms with E-state index in [1.54, 1.807) is 11.1 Å². The van der Waals surface area contributed by atoms with Crippen LogP contribution in [0.4, 0.5) is 0 Å². The van der Waals surface area contributed by atoms with Gasteiger partial charge < -0.3 is 0 Å². The number of fused-ring (bicyclic) bond motifs is 17. The van der Waals surface area contributed by atoms with Gasteiger partial charge in [-0.15, -0.1) is 0 Å². The van der Waals surface area contributed by atoms with Gasteiger partial charge in [0, 0.05) is 91.4 Å². The quantitative estimate of drug-likeness (QED) is 0.153. The molecule has 5 aromatic carbocycles. The highest BCUT2D eigenvalue weighted by Gasteiger charge is 2.55. The molecule has 3 saturated carbocycles. The van der Waals surface area contributed by atoms with Gasteiger partial charge in [0.2, 0.25) is 28.5 Å². The van der Waals surface area contributed by atoms with Gasteiger partial charge in [-0.3, -0.25) is 0 Å². The molecule has 6 unspecified atom stereocenters. The van der Waals surface area contributed by atoms with Crippen LogP contribution in [0.3, 0.4) is 0 Å². The molecule has 5 aromatic heterocycles. The van der Waals surface area contributed by atoms with E-state index in [0.29, 0.717) is 6.42 Å². The molecule has 0 radical (unpaired) electrons. The summed E-state index contributed by atoms with van der Waals surface area (Å²) >= 11 is 0. The summed E-state index contributed by atoms with van der Waals surface area (Å²) in [5, 5.41) is 0.